The van der Waals surface area contributed by atoms with Gasteiger partial charge in [0, 0.05) is 15.5 Å². The lowest BCUT2D eigenvalue weighted by Crippen LogP contribution is -2.23. The molecule has 0 aliphatic heterocycles. The second-order valence-electron chi connectivity index (χ2n) is 8.50. The molecule has 4 nitrogen and oxygen atoms in total. The summed E-state index contributed by atoms with van der Waals surface area (Å²) in [7, 11) is 0. The summed E-state index contributed by atoms with van der Waals surface area (Å²) in [6.07, 6.45) is 3.24. The summed E-state index contributed by atoms with van der Waals surface area (Å²) >= 11 is 8.89. The third-order valence-corrected chi connectivity index (χ3v) is 8.48. The van der Waals surface area contributed by atoms with Gasteiger partial charge in [-0.15, -0.1) is 11.3 Å². The average Bonchev–Trinajstić information content (AvgIpc) is 3.19. The van der Waals surface area contributed by atoms with Crippen LogP contribution in [0.15, 0.2) is 58.5 Å². The van der Waals surface area contributed by atoms with Crippen LogP contribution in [0.4, 0.5) is 0 Å². The molecule has 1 atom stereocenters. The third kappa shape index (κ3) is 4.27. The number of ketones is 1. The van der Waals surface area contributed by atoms with E-state index in [0.717, 1.165) is 40.7 Å². The molecule has 1 aliphatic rings. The average molecular weight is 495 g/mol. The highest BCUT2D eigenvalue weighted by atomic mass is 35.5. The number of hydrogen-bond donors (Lipinski definition) is 0. The molecule has 0 unspecified atom stereocenters. The Labute approximate surface area is 205 Å². The van der Waals surface area contributed by atoms with E-state index in [2.05, 4.69) is 6.92 Å². The number of rotatable bonds is 5. The van der Waals surface area contributed by atoms with Gasteiger partial charge in [-0.05, 0) is 74.1 Å². The van der Waals surface area contributed by atoms with Crippen LogP contribution >= 0.6 is 34.7 Å². The van der Waals surface area contributed by atoms with Gasteiger partial charge in [0.1, 0.15) is 4.83 Å². The van der Waals surface area contributed by atoms with Gasteiger partial charge in [-0.3, -0.25) is 14.2 Å². The Hall–Kier alpha value is -2.41. The van der Waals surface area contributed by atoms with Gasteiger partial charge in [0.05, 0.1) is 16.8 Å². The van der Waals surface area contributed by atoms with E-state index in [0.29, 0.717) is 21.7 Å². The fraction of sp³-hybridized carbons (Fsp3) is 0.269. The summed E-state index contributed by atoms with van der Waals surface area (Å²) in [6, 6.07) is 14.7. The van der Waals surface area contributed by atoms with Crippen molar-refractivity contribution in [2.75, 3.05) is 5.75 Å². The molecule has 0 saturated heterocycles. The monoisotopic (exact) mass is 494 g/mol. The summed E-state index contributed by atoms with van der Waals surface area (Å²) in [5.74, 6) is 0.515. The van der Waals surface area contributed by atoms with Crippen molar-refractivity contribution < 1.29 is 4.79 Å². The van der Waals surface area contributed by atoms with E-state index in [9.17, 15) is 9.59 Å². The van der Waals surface area contributed by atoms with Crippen molar-refractivity contribution in [1.29, 1.82) is 0 Å². The molecule has 2 aromatic heterocycles. The zero-order valence-corrected chi connectivity index (χ0v) is 20.8. The molecule has 0 N–H and O–H groups in total. The lowest BCUT2D eigenvalue weighted by atomic mass is 9.88. The highest BCUT2D eigenvalue weighted by Crippen LogP contribution is 2.41. The highest BCUT2D eigenvalue weighted by molar-refractivity contribution is 7.99. The summed E-state index contributed by atoms with van der Waals surface area (Å²) in [6.45, 7) is 4.22. The first-order valence-electron chi connectivity index (χ1n) is 11.0. The van der Waals surface area contributed by atoms with Crippen molar-refractivity contribution in [3.63, 3.8) is 0 Å². The van der Waals surface area contributed by atoms with Crippen LogP contribution in [-0.2, 0) is 6.42 Å². The number of carbonyl (C=O) groups excluding carboxylic acids is 1. The van der Waals surface area contributed by atoms with E-state index in [1.807, 2.05) is 31.2 Å². The molecule has 0 amide bonds. The molecule has 168 valence electrons. The molecule has 4 aromatic rings. The quantitative estimate of drug-likeness (QED) is 0.173. The Kier molecular flexibility index (Phi) is 6.16. The molecule has 0 spiro atoms. The Morgan fingerprint density at radius 2 is 1.91 bits per heavy atom. The number of halogens is 1. The Bertz CT molecular complexity index is 1410. The third-order valence-electron chi connectivity index (χ3n) is 6.13. The topological polar surface area (TPSA) is 52.0 Å². The van der Waals surface area contributed by atoms with Crippen molar-refractivity contribution in [3.8, 4) is 5.69 Å². The number of hydrogen-bond acceptors (Lipinski definition) is 5. The van der Waals surface area contributed by atoms with Crippen LogP contribution in [0.3, 0.4) is 0 Å². The normalized spacial score (nSPS) is 15.5. The zero-order valence-electron chi connectivity index (χ0n) is 18.4. The van der Waals surface area contributed by atoms with E-state index < -0.39 is 0 Å². The molecule has 33 heavy (non-hydrogen) atoms. The maximum absolute atomic E-state index is 13.9. The molecule has 0 bridgehead atoms. The summed E-state index contributed by atoms with van der Waals surface area (Å²) in [4.78, 5) is 33.7. The number of aromatic nitrogens is 2. The summed E-state index contributed by atoms with van der Waals surface area (Å²) in [5, 5.41) is 1.89. The molecule has 1 aliphatic carbocycles. The second-order valence-corrected chi connectivity index (χ2v) is 11.0. The van der Waals surface area contributed by atoms with E-state index in [1.54, 1.807) is 40.2 Å². The molecule has 7 heteroatoms. The van der Waals surface area contributed by atoms with Crippen LogP contribution in [0.1, 0.15) is 52.0 Å². The van der Waals surface area contributed by atoms with Crippen LogP contribution in [0.25, 0.3) is 15.9 Å². The Balaban J connectivity index is 1.61. The zero-order chi connectivity index (χ0) is 23.1. The van der Waals surface area contributed by atoms with E-state index in [1.165, 1.54) is 22.2 Å². The van der Waals surface area contributed by atoms with Gasteiger partial charge >= 0.3 is 0 Å². The van der Waals surface area contributed by atoms with E-state index in [4.69, 9.17) is 16.6 Å². The minimum Gasteiger partial charge on any atom is -0.293 e. The molecule has 0 saturated carbocycles. The van der Waals surface area contributed by atoms with Gasteiger partial charge < -0.3 is 0 Å². The van der Waals surface area contributed by atoms with Gasteiger partial charge in [0.15, 0.2) is 10.9 Å². The molecular weight excluding hydrogens is 472 g/mol. The Morgan fingerprint density at radius 3 is 2.64 bits per heavy atom. The first kappa shape index (κ1) is 22.4. The number of thiophene rings is 1. The minimum atomic E-state index is -0.0449. The smallest absolute Gasteiger partial charge is 0.267 e. The molecule has 0 fully saturated rings. The van der Waals surface area contributed by atoms with Gasteiger partial charge in [-0.2, -0.15) is 0 Å². The lowest BCUT2D eigenvalue weighted by Gasteiger charge is -2.19. The Morgan fingerprint density at radius 1 is 1.18 bits per heavy atom. The van der Waals surface area contributed by atoms with Crippen LogP contribution in [0, 0.1) is 6.92 Å². The van der Waals surface area contributed by atoms with Crippen molar-refractivity contribution in [3.05, 3.63) is 85.5 Å². The van der Waals surface area contributed by atoms with Gasteiger partial charge in [0.25, 0.3) is 5.56 Å². The molecule has 2 heterocycles. The number of thioether (sulfide) groups is 1. The highest BCUT2D eigenvalue weighted by Gasteiger charge is 2.27. The molecular formula is C26H23ClN2O2S2. The van der Waals surface area contributed by atoms with Crippen molar-refractivity contribution in [1.82, 2.24) is 9.55 Å². The number of aryl methyl sites for hydroxylation is 2. The predicted molar refractivity (Wildman–Crippen MR) is 138 cm³/mol. The van der Waals surface area contributed by atoms with Crippen LogP contribution in [0.2, 0.25) is 5.02 Å². The molecule has 5 rings (SSSR count). The second kappa shape index (κ2) is 9.09. The maximum Gasteiger partial charge on any atom is 0.267 e. The molecule has 2 aromatic carbocycles. The molecule has 0 radical (unpaired) electrons. The van der Waals surface area contributed by atoms with Crippen LogP contribution in [-0.4, -0.2) is 21.1 Å². The van der Waals surface area contributed by atoms with E-state index >= 15 is 0 Å². The predicted octanol–water partition coefficient (Wildman–Crippen LogP) is 6.82. The van der Waals surface area contributed by atoms with Gasteiger partial charge in [0.2, 0.25) is 0 Å². The number of fused-ring (bicyclic) bond motifs is 3. The number of nitrogens with zero attached hydrogens (tertiary/aromatic N) is 2. The summed E-state index contributed by atoms with van der Waals surface area (Å²) in [5.41, 5.74) is 3.61. The van der Waals surface area contributed by atoms with Crippen LogP contribution in [0.5, 0.6) is 0 Å². The van der Waals surface area contributed by atoms with E-state index in [-0.39, 0.29) is 17.1 Å². The van der Waals surface area contributed by atoms with Crippen molar-refractivity contribution in [2.45, 2.75) is 44.2 Å². The fourth-order valence-corrected chi connectivity index (χ4v) is 6.79. The number of Topliss-reactive ketones (excluding diaryl/α,β-unsaturated/α-hetero) is 1. The first-order valence-corrected chi connectivity index (χ1v) is 13.2. The maximum atomic E-state index is 13.9. The lowest BCUT2D eigenvalue weighted by molar-refractivity contribution is 0.102. The summed E-state index contributed by atoms with van der Waals surface area (Å²) < 4.78 is 1.68. The van der Waals surface area contributed by atoms with Crippen molar-refractivity contribution in [2.24, 2.45) is 0 Å². The number of benzene rings is 2. The SMILES string of the molecule is Cc1ccc(-n2c(SCC(=O)c3ccc(Cl)cc3)nc3sc4c(c3c2=O)[C@@H](C)CCC4)cc1. The first-order chi connectivity index (χ1) is 15.9. The van der Waals surface area contributed by atoms with Gasteiger partial charge in [-0.25, -0.2) is 4.98 Å². The van der Waals surface area contributed by atoms with Gasteiger partial charge in [-0.1, -0.05) is 48.0 Å². The number of carbonyl (C=O) groups is 1. The standard InChI is InChI=1S/C26H23ClN2O2S2/c1-15-6-12-19(13-7-15)29-25(31)23-22-16(2)4-3-5-21(22)33-24(23)28-26(29)32-14-20(30)17-8-10-18(27)11-9-17/h6-13,16H,3-5,14H2,1-2H3/t16-/m0/s1. The fourth-order valence-electron chi connectivity index (χ4n) is 4.39. The van der Waals surface area contributed by atoms with Crippen LogP contribution < -0.4 is 5.56 Å². The van der Waals surface area contributed by atoms with Crippen molar-refractivity contribution >= 4 is 50.7 Å². The largest absolute Gasteiger partial charge is 0.293 e. The minimum absolute atomic E-state index is 0.0273.